The third kappa shape index (κ3) is 3.88. The van der Waals surface area contributed by atoms with Gasteiger partial charge in [-0.05, 0) is 18.6 Å². The van der Waals surface area contributed by atoms with Crippen LogP contribution in [0.15, 0.2) is 24.5 Å². The molecule has 1 heterocycles. The summed E-state index contributed by atoms with van der Waals surface area (Å²) in [5, 5.41) is 0. The molecule has 0 spiro atoms. The number of carbonyl (C=O) groups is 1. The van der Waals surface area contributed by atoms with Crippen molar-refractivity contribution in [3.05, 3.63) is 24.5 Å². The Balaban J connectivity index is 2.47. The Labute approximate surface area is 95.6 Å². The third-order valence-corrected chi connectivity index (χ3v) is 2.26. The summed E-state index contributed by atoms with van der Waals surface area (Å²) < 4.78 is 10.2. The molecular weight excluding hydrogens is 206 g/mol. The minimum Gasteiger partial charge on any atom is -0.491 e. The highest BCUT2D eigenvalue weighted by molar-refractivity contribution is 5.72. The quantitative estimate of drug-likeness (QED) is 0.692. The first-order chi connectivity index (χ1) is 7.77. The smallest absolute Gasteiger partial charge is 0.312 e. The first-order valence-electron chi connectivity index (χ1n) is 5.38. The fourth-order valence-corrected chi connectivity index (χ4v) is 1.41. The molecule has 0 aliphatic carbocycles. The summed E-state index contributed by atoms with van der Waals surface area (Å²) >= 11 is 0. The van der Waals surface area contributed by atoms with E-state index in [0.29, 0.717) is 12.4 Å². The Hall–Kier alpha value is -1.58. The molecule has 88 valence electrons. The summed E-state index contributed by atoms with van der Waals surface area (Å²) in [6, 6.07) is 3.61. The predicted octanol–water partition coefficient (Wildman–Crippen LogP) is 2.05. The van der Waals surface area contributed by atoms with Gasteiger partial charge in [0.25, 0.3) is 0 Å². The zero-order valence-electron chi connectivity index (χ0n) is 9.68. The lowest BCUT2D eigenvalue weighted by molar-refractivity contribution is -0.146. The van der Waals surface area contributed by atoms with Gasteiger partial charge in [-0.3, -0.25) is 9.78 Å². The summed E-state index contributed by atoms with van der Waals surface area (Å²) in [6.07, 6.45) is 5.00. The predicted molar refractivity (Wildman–Crippen MR) is 60.1 cm³/mol. The first-order valence-corrected chi connectivity index (χ1v) is 5.38. The number of rotatable bonds is 6. The number of hydrogen-bond donors (Lipinski definition) is 0. The molecule has 0 aromatic carbocycles. The second kappa shape index (κ2) is 6.82. The molecule has 1 unspecified atom stereocenters. The summed E-state index contributed by atoms with van der Waals surface area (Å²) in [5.41, 5.74) is 0. The number of pyridine rings is 1. The normalized spacial score (nSPS) is 11.9. The van der Waals surface area contributed by atoms with Crippen molar-refractivity contribution in [3.63, 3.8) is 0 Å². The molecule has 0 aliphatic heterocycles. The van der Waals surface area contributed by atoms with E-state index in [9.17, 15) is 4.79 Å². The van der Waals surface area contributed by atoms with Crippen molar-refractivity contribution in [2.75, 3.05) is 13.7 Å². The average Bonchev–Trinajstić information content (AvgIpc) is 2.34. The maximum Gasteiger partial charge on any atom is 0.312 e. The van der Waals surface area contributed by atoms with Gasteiger partial charge >= 0.3 is 5.97 Å². The monoisotopic (exact) mass is 223 g/mol. The lowest BCUT2D eigenvalue weighted by Crippen LogP contribution is -2.23. The van der Waals surface area contributed by atoms with Crippen LogP contribution in [0.25, 0.3) is 0 Å². The molecule has 0 saturated carbocycles. The molecule has 1 aromatic heterocycles. The van der Waals surface area contributed by atoms with E-state index in [1.807, 2.05) is 13.0 Å². The maximum absolute atomic E-state index is 11.4. The van der Waals surface area contributed by atoms with Crippen LogP contribution in [0.1, 0.15) is 19.8 Å². The third-order valence-electron chi connectivity index (χ3n) is 2.26. The van der Waals surface area contributed by atoms with E-state index in [1.54, 1.807) is 18.5 Å². The van der Waals surface area contributed by atoms with Crippen LogP contribution in [-0.4, -0.2) is 24.7 Å². The summed E-state index contributed by atoms with van der Waals surface area (Å²) in [7, 11) is 1.40. The van der Waals surface area contributed by atoms with Crippen molar-refractivity contribution in [1.29, 1.82) is 0 Å². The molecule has 4 nitrogen and oxygen atoms in total. The van der Waals surface area contributed by atoms with Gasteiger partial charge in [0.05, 0.1) is 19.2 Å². The largest absolute Gasteiger partial charge is 0.491 e. The van der Waals surface area contributed by atoms with Gasteiger partial charge in [-0.1, -0.05) is 13.3 Å². The van der Waals surface area contributed by atoms with Crippen LogP contribution < -0.4 is 4.74 Å². The van der Waals surface area contributed by atoms with Crippen LogP contribution in [0.2, 0.25) is 0 Å². The van der Waals surface area contributed by atoms with Crippen LogP contribution >= 0.6 is 0 Å². The molecule has 0 fully saturated rings. The number of hydrogen-bond acceptors (Lipinski definition) is 4. The molecule has 4 heteroatoms. The Kier molecular flexibility index (Phi) is 5.32. The molecule has 1 atom stereocenters. The van der Waals surface area contributed by atoms with E-state index in [1.165, 1.54) is 7.11 Å². The Morgan fingerprint density at radius 1 is 1.56 bits per heavy atom. The van der Waals surface area contributed by atoms with Crippen molar-refractivity contribution in [2.24, 2.45) is 5.92 Å². The van der Waals surface area contributed by atoms with Crippen LogP contribution in [0.4, 0.5) is 0 Å². The van der Waals surface area contributed by atoms with Gasteiger partial charge in [-0.2, -0.15) is 0 Å². The van der Waals surface area contributed by atoms with Gasteiger partial charge < -0.3 is 9.47 Å². The molecule has 0 amide bonds. The van der Waals surface area contributed by atoms with Crippen molar-refractivity contribution in [3.8, 4) is 5.75 Å². The van der Waals surface area contributed by atoms with Gasteiger partial charge in [-0.15, -0.1) is 0 Å². The molecule has 1 aromatic rings. The summed E-state index contributed by atoms with van der Waals surface area (Å²) in [6.45, 7) is 2.37. The van der Waals surface area contributed by atoms with Gasteiger partial charge in [-0.25, -0.2) is 0 Å². The maximum atomic E-state index is 11.4. The van der Waals surface area contributed by atoms with Gasteiger partial charge in [0, 0.05) is 6.20 Å². The first kappa shape index (κ1) is 12.5. The summed E-state index contributed by atoms with van der Waals surface area (Å²) in [5.74, 6) is 0.258. The second-order valence-corrected chi connectivity index (χ2v) is 3.51. The number of ether oxygens (including phenoxy) is 2. The van der Waals surface area contributed by atoms with Crippen molar-refractivity contribution in [2.45, 2.75) is 19.8 Å². The molecule has 0 bridgehead atoms. The number of carbonyl (C=O) groups excluding carboxylic acids is 1. The van der Waals surface area contributed by atoms with Crippen LogP contribution in [0.3, 0.4) is 0 Å². The Morgan fingerprint density at radius 3 is 2.94 bits per heavy atom. The number of methoxy groups -OCH3 is 1. The van der Waals surface area contributed by atoms with Crippen LogP contribution in [0, 0.1) is 5.92 Å². The van der Waals surface area contributed by atoms with E-state index in [0.717, 1.165) is 12.8 Å². The van der Waals surface area contributed by atoms with E-state index in [4.69, 9.17) is 9.47 Å². The Bertz CT molecular complexity index is 313. The lowest BCUT2D eigenvalue weighted by atomic mass is 10.1. The lowest BCUT2D eigenvalue weighted by Gasteiger charge is -2.14. The minimum atomic E-state index is -0.217. The molecule has 0 radical (unpaired) electrons. The molecule has 1 rings (SSSR count). The van der Waals surface area contributed by atoms with E-state index < -0.39 is 0 Å². The van der Waals surface area contributed by atoms with Gasteiger partial charge in [0.15, 0.2) is 0 Å². The molecular formula is C12H17NO3. The molecule has 0 aliphatic rings. The van der Waals surface area contributed by atoms with Crippen molar-refractivity contribution < 1.29 is 14.3 Å². The Morgan fingerprint density at radius 2 is 2.38 bits per heavy atom. The minimum absolute atomic E-state index is 0.199. The van der Waals surface area contributed by atoms with Crippen LogP contribution in [-0.2, 0) is 9.53 Å². The highest BCUT2D eigenvalue weighted by Crippen LogP contribution is 2.13. The van der Waals surface area contributed by atoms with E-state index >= 15 is 0 Å². The van der Waals surface area contributed by atoms with Crippen LogP contribution in [0.5, 0.6) is 5.75 Å². The topological polar surface area (TPSA) is 48.4 Å². The van der Waals surface area contributed by atoms with Crippen molar-refractivity contribution in [1.82, 2.24) is 4.98 Å². The fourth-order valence-electron chi connectivity index (χ4n) is 1.41. The van der Waals surface area contributed by atoms with Gasteiger partial charge in [0.1, 0.15) is 12.4 Å². The number of esters is 1. The molecule has 16 heavy (non-hydrogen) atoms. The van der Waals surface area contributed by atoms with E-state index in [2.05, 4.69) is 4.98 Å². The highest BCUT2D eigenvalue weighted by Gasteiger charge is 2.18. The van der Waals surface area contributed by atoms with Gasteiger partial charge in [0.2, 0.25) is 0 Å². The zero-order chi connectivity index (χ0) is 11.8. The average molecular weight is 223 g/mol. The summed E-state index contributed by atoms with van der Waals surface area (Å²) in [4.78, 5) is 15.3. The fraction of sp³-hybridized carbons (Fsp3) is 0.500. The zero-order valence-corrected chi connectivity index (χ0v) is 9.68. The molecule has 0 N–H and O–H groups in total. The van der Waals surface area contributed by atoms with E-state index in [-0.39, 0.29) is 11.9 Å². The van der Waals surface area contributed by atoms with Crippen molar-refractivity contribution >= 4 is 5.97 Å². The number of aromatic nitrogens is 1. The standard InChI is InChI=1S/C12H17NO3/c1-3-5-10(12(14)15-2)9-16-11-6-4-7-13-8-11/h4,6-8,10H,3,5,9H2,1-2H3. The SMILES string of the molecule is CCCC(COc1cccnc1)C(=O)OC. The number of nitrogens with zero attached hydrogens (tertiary/aromatic N) is 1. The molecule has 0 saturated heterocycles. The highest BCUT2D eigenvalue weighted by atomic mass is 16.5. The second-order valence-electron chi connectivity index (χ2n) is 3.51.